The van der Waals surface area contributed by atoms with Gasteiger partial charge in [-0.3, -0.25) is 4.99 Å². The highest BCUT2D eigenvalue weighted by molar-refractivity contribution is 5.78. The predicted octanol–water partition coefficient (Wildman–Crippen LogP) is 2.51. The molecule has 0 aliphatic heterocycles. The standard InChI is InChI=1S/C9H15F3N2/c1-7(2)3-8(4-13)5-14-6-9(10,11)12/h4-5,7H,3,6,13H2,1-2H3. The van der Waals surface area contributed by atoms with Crippen LogP contribution in [0, 0.1) is 5.92 Å². The summed E-state index contributed by atoms with van der Waals surface area (Å²) in [5.74, 6) is 0.349. The molecule has 0 aromatic carbocycles. The summed E-state index contributed by atoms with van der Waals surface area (Å²) in [5.41, 5.74) is 5.87. The van der Waals surface area contributed by atoms with Crippen molar-refractivity contribution in [3.8, 4) is 0 Å². The molecule has 0 atom stereocenters. The molecule has 0 spiro atoms. The summed E-state index contributed by atoms with van der Waals surface area (Å²) in [7, 11) is 0. The molecule has 0 saturated carbocycles. The van der Waals surface area contributed by atoms with Crippen LogP contribution < -0.4 is 5.73 Å². The van der Waals surface area contributed by atoms with Crippen molar-refractivity contribution >= 4 is 6.21 Å². The molecule has 0 bridgehead atoms. The van der Waals surface area contributed by atoms with Crippen molar-refractivity contribution < 1.29 is 13.2 Å². The molecule has 0 aromatic rings. The number of halogens is 3. The summed E-state index contributed by atoms with van der Waals surface area (Å²) in [6.07, 6.45) is -1.13. The average molecular weight is 208 g/mol. The fourth-order valence-corrected chi connectivity index (χ4v) is 0.902. The van der Waals surface area contributed by atoms with Crippen LogP contribution in [0.15, 0.2) is 16.8 Å². The van der Waals surface area contributed by atoms with E-state index in [-0.39, 0.29) is 0 Å². The number of hydrogen-bond donors (Lipinski definition) is 1. The fourth-order valence-electron chi connectivity index (χ4n) is 0.902. The summed E-state index contributed by atoms with van der Waals surface area (Å²) in [5, 5.41) is 0. The molecule has 2 N–H and O–H groups in total. The van der Waals surface area contributed by atoms with E-state index in [1.165, 1.54) is 12.4 Å². The summed E-state index contributed by atoms with van der Waals surface area (Å²) in [6.45, 7) is 2.77. The maximum absolute atomic E-state index is 11.7. The number of nitrogens with zero attached hydrogens (tertiary/aromatic N) is 1. The van der Waals surface area contributed by atoms with E-state index in [0.29, 0.717) is 17.9 Å². The third kappa shape index (κ3) is 7.64. The molecule has 0 unspecified atom stereocenters. The van der Waals surface area contributed by atoms with Gasteiger partial charge in [0.1, 0.15) is 6.54 Å². The number of alkyl halides is 3. The number of allylic oxidation sites excluding steroid dienone is 1. The average Bonchev–Trinajstić information content (AvgIpc) is 1.99. The summed E-state index contributed by atoms with van der Waals surface area (Å²) in [6, 6.07) is 0. The summed E-state index contributed by atoms with van der Waals surface area (Å²) in [4.78, 5) is 3.27. The summed E-state index contributed by atoms with van der Waals surface area (Å²) < 4.78 is 35.1. The van der Waals surface area contributed by atoms with Gasteiger partial charge in [0.15, 0.2) is 0 Å². The second-order valence-corrected chi connectivity index (χ2v) is 3.42. The highest BCUT2D eigenvalue weighted by Gasteiger charge is 2.25. The Morgan fingerprint density at radius 2 is 2.00 bits per heavy atom. The Labute approximate surface area is 81.7 Å². The number of rotatable bonds is 4. The van der Waals surface area contributed by atoms with E-state index in [2.05, 4.69) is 4.99 Å². The molecule has 82 valence electrons. The first-order valence-electron chi connectivity index (χ1n) is 4.32. The van der Waals surface area contributed by atoms with Crippen LogP contribution in [0.3, 0.4) is 0 Å². The van der Waals surface area contributed by atoms with Gasteiger partial charge in [0.25, 0.3) is 0 Å². The smallest absolute Gasteiger partial charge is 0.404 e. The molecule has 0 aliphatic carbocycles. The maximum Gasteiger partial charge on any atom is 0.407 e. The van der Waals surface area contributed by atoms with Gasteiger partial charge in [0.05, 0.1) is 0 Å². The van der Waals surface area contributed by atoms with Gasteiger partial charge in [0.2, 0.25) is 0 Å². The third-order valence-corrected chi connectivity index (χ3v) is 1.39. The first kappa shape index (κ1) is 13.0. The Bertz CT molecular complexity index is 217. The van der Waals surface area contributed by atoms with Crippen LogP contribution in [0.4, 0.5) is 13.2 Å². The van der Waals surface area contributed by atoms with Crippen LogP contribution >= 0.6 is 0 Å². The fraction of sp³-hybridized carbons (Fsp3) is 0.667. The van der Waals surface area contributed by atoms with Crippen LogP contribution in [0.2, 0.25) is 0 Å². The Morgan fingerprint density at radius 1 is 1.43 bits per heavy atom. The van der Waals surface area contributed by atoms with E-state index in [0.717, 1.165) is 0 Å². The molecule has 0 saturated heterocycles. The van der Waals surface area contributed by atoms with Crippen LogP contribution in [0.5, 0.6) is 0 Å². The second-order valence-electron chi connectivity index (χ2n) is 3.42. The van der Waals surface area contributed by atoms with E-state index < -0.39 is 12.7 Å². The quantitative estimate of drug-likeness (QED) is 0.708. The second kappa shape index (κ2) is 5.67. The molecule has 0 amide bonds. The van der Waals surface area contributed by atoms with Gasteiger partial charge >= 0.3 is 6.18 Å². The Balaban J connectivity index is 4.07. The van der Waals surface area contributed by atoms with Gasteiger partial charge in [-0.05, 0) is 24.1 Å². The first-order chi connectivity index (χ1) is 6.35. The molecular formula is C9H15F3N2. The van der Waals surface area contributed by atoms with Crippen molar-refractivity contribution in [2.24, 2.45) is 16.6 Å². The molecule has 0 rings (SSSR count). The summed E-state index contributed by atoms with van der Waals surface area (Å²) >= 11 is 0. The number of hydrogen-bond acceptors (Lipinski definition) is 2. The Hall–Kier alpha value is -1.00. The van der Waals surface area contributed by atoms with E-state index in [9.17, 15) is 13.2 Å². The van der Waals surface area contributed by atoms with Gasteiger partial charge in [-0.1, -0.05) is 13.8 Å². The van der Waals surface area contributed by atoms with Crippen LogP contribution in [0.1, 0.15) is 20.3 Å². The lowest BCUT2D eigenvalue weighted by atomic mass is 10.1. The zero-order valence-electron chi connectivity index (χ0n) is 8.30. The zero-order valence-corrected chi connectivity index (χ0v) is 8.30. The van der Waals surface area contributed by atoms with Crippen molar-refractivity contribution in [3.63, 3.8) is 0 Å². The zero-order chi connectivity index (χ0) is 11.2. The Kier molecular flexibility index (Phi) is 5.27. The monoisotopic (exact) mass is 208 g/mol. The number of aliphatic imine (C=N–C) groups is 1. The molecule has 0 fully saturated rings. The van der Waals surface area contributed by atoms with Crippen LogP contribution in [-0.2, 0) is 0 Å². The highest BCUT2D eigenvalue weighted by atomic mass is 19.4. The minimum atomic E-state index is -4.24. The van der Waals surface area contributed by atoms with E-state index in [1.54, 1.807) is 0 Å². The van der Waals surface area contributed by atoms with E-state index in [4.69, 9.17) is 5.73 Å². The van der Waals surface area contributed by atoms with Gasteiger partial charge < -0.3 is 5.73 Å². The lowest BCUT2D eigenvalue weighted by molar-refractivity contribution is -0.118. The van der Waals surface area contributed by atoms with Gasteiger partial charge in [0, 0.05) is 6.21 Å². The normalized spacial score (nSPS) is 14.3. The minimum absolute atomic E-state index is 0.349. The number of nitrogens with two attached hydrogens (primary N) is 1. The molecule has 0 aromatic heterocycles. The van der Waals surface area contributed by atoms with Crippen LogP contribution in [-0.4, -0.2) is 18.9 Å². The van der Waals surface area contributed by atoms with Crippen molar-refractivity contribution in [3.05, 3.63) is 11.8 Å². The molecule has 14 heavy (non-hydrogen) atoms. The molecular weight excluding hydrogens is 193 g/mol. The Morgan fingerprint density at radius 3 is 2.36 bits per heavy atom. The lowest BCUT2D eigenvalue weighted by Gasteiger charge is -2.04. The van der Waals surface area contributed by atoms with E-state index >= 15 is 0 Å². The highest BCUT2D eigenvalue weighted by Crippen LogP contribution is 2.14. The largest absolute Gasteiger partial charge is 0.407 e. The maximum atomic E-state index is 11.7. The molecule has 0 heterocycles. The van der Waals surface area contributed by atoms with Crippen LogP contribution in [0.25, 0.3) is 0 Å². The van der Waals surface area contributed by atoms with Crippen molar-refractivity contribution in [1.29, 1.82) is 0 Å². The molecule has 0 radical (unpaired) electrons. The topological polar surface area (TPSA) is 38.4 Å². The van der Waals surface area contributed by atoms with Gasteiger partial charge in [-0.25, -0.2) is 0 Å². The van der Waals surface area contributed by atoms with Gasteiger partial charge in [-0.15, -0.1) is 0 Å². The molecule has 2 nitrogen and oxygen atoms in total. The lowest BCUT2D eigenvalue weighted by Crippen LogP contribution is -2.12. The van der Waals surface area contributed by atoms with Crippen molar-refractivity contribution in [2.75, 3.05) is 6.54 Å². The van der Waals surface area contributed by atoms with Crippen molar-refractivity contribution in [1.82, 2.24) is 0 Å². The first-order valence-corrected chi connectivity index (χ1v) is 4.32. The van der Waals surface area contributed by atoms with Gasteiger partial charge in [-0.2, -0.15) is 13.2 Å². The SMILES string of the molecule is CC(C)CC(C=NCC(F)(F)F)=CN. The minimum Gasteiger partial charge on any atom is -0.404 e. The molecule has 0 aliphatic rings. The van der Waals surface area contributed by atoms with Crippen molar-refractivity contribution in [2.45, 2.75) is 26.4 Å². The molecule has 5 heteroatoms. The van der Waals surface area contributed by atoms with E-state index in [1.807, 2.05) is 13.8 Å². The predicted molar refractivity (Wildman–Crippen MR) is 51.1 cm³/mol. The third-order valence-electron chi connectivity index (χ3n) is 1.39.